The Balaban J connectivity index is 2.24. The molecular formula is C14H15N3O2. The number of anilines is 1. The molecule has 2 N–H and O–H groups in total. The van der Waals surface area contributed by atoms with Crippen LogP contribution in [0, 0.1) is 0 Å². The van der Waals surface area contributed by atoms with Gasteiger partial charge in [0, 0.05) is 0 Å². The van der Waals surface area contributed by atoms with Crippen LogP contribution in [0.2, 0.25) is 0 Å². The zero-order chi connectivity index (χ0) is 13.6. The predicted octanol–water partition coefficient (Wildman–Crippen LogP) is 2.00. The molecule has 1 aliphatic heterocycles. The van der Waals surface area contributed by atoms with Crippen molar-refractivity contribution in [3.63, 3.8) is 0 Å². The molecule has 19 heavy (non-hydrogen) atoms. The minimum Gasteiger partial charge on any atom is -0.453 e. The lowest BCUT2D eigenvalue weighted by atomic mass is 9.85. The van der Waals surface area contributed by atoms with Crippen LogP contribution >= 0.6 is 0 Å². The Hall–Kier alpha value is -2.30. The molecule has 0 spiro atoms. The lowest BCUT2D eigenvalue weighted by Crippen LogP contribution is -2.43. The van der Waals surface area contributed by atoms with Gasteiger partial charge in [0.05, 0.1) is 18.1 Å². The zero-order valence-electron chi connectivity index (χ0n) is 10.8. The van der Waals surface area contributed by atoms with E-state index < -0.39 is 5.60 Å². The number of aromatic nitrogens is 2. The summed E-state index contributed by atoms with van der Waals surface area (Å²) in [4.78, 5) is 16.1. The number of benzene rings is 1. The van der Waals surface area contributed by atoms with Crippen LogP contribution in [0.4, 0.5) is 5.82 Å². The number of esters is 1. The minimum atomic E-state index is -0.680. The first-order valence-electron chi connectivity index (χ1n) is 6.10. The van der Waals surface area contributed by atoms with Crippen molar-refractivity contribution >= 4 is 11.8 Å². The summed E-state index contributed by atoms with van der Waals surface area (Å²) in [5.74, 6) is 0.251. The molecule has 1 atom stereocenters. The summed E-state index contributed by atoms with van der Waals surface area (Å²) < 4.78 is 7.39. The Bertz CT molecular complexity index is 646. The molecule has 0 saturated heterocycles. The van der Waals surface area contributed by atoms with E-state index in [4.69, 9.17) is 10.5 Å². The Kier molecular flexibility index (Phi) is 2.38. The van der Waals surface area contributed by atoms with Gasteiger partial charge in [-0.05, 0) is 25.5 Å². The van der Waals surface area contributed by atoms with Crippen LogP contribution in [-0.4, -0.2) is 21.1 Å². The molecule has 2 heterocycles. The van der Waals surface area contributed by atoms with Gasteiger partial charge in [-0.2, -0.15) is 0 Å². The van der Waals surface area contributed by atoms with Gasteiger partial charge >= 0.3 is 5.97 Å². The van der Waals surface area contributed by atoms with E-state index in [1.54, 1.807) is 18.6 Å². The Morgan fingerprint density at radius 1 is 1.37 bits per heavy atom. The van der Waals surface area contributed by atoms with Crippen molar-refractivity contribution in [2.24, 2.45) is 0 Å². The van der Waals surface area contributed by atoms with E-state index >= 15 is 0 Å². The van der Waals surface area contributed by atoms with Gasteiger partial charge in [-0.1, -0.05) is 18.2 Å². The molecule has 2 aromatic rings. The lowest BCUT2D eigenvalue weighted by molar-refractivity contribution is -0.0257. The van der Waals surface area contributed by atoms with Gasteiger partial charge in [0.15, 0.2) is 0 Å². The van der Waals surface area contributed by atoms with E-state index in [9.17, 15) is 4.79 Å². The highest BCUT2D eigenvalue weighted by Crippen LogP contribution is 2.40. The quantitative estimate of drug-likeness (QED) is 0.793. The van der Waals surface area contributed by atoms with Crippen LogP contribution in [0.1, 0.15) is 35.8 Å². The highest BCUT2D eigenvalue weighted by Gasteiger charge is 2.43. The van der Waals surface area contributed by atoms with Crippen molar-refractivity contribution in [1.82, 2.24) is 9.55 Å². The molecular weight excluding hydrogens is 242 g/mol. The first-order chi connectivity index (χ1) is 9.00. The Morgan fingerprint density at radius 2 is 2.11 bits per heavy atom. The molecule has 0 radical (unpaired) electrons. The summed E-state index contributed by atoms with van der Waals surface area (Å²) in [7, 11) is 0. The molecule has 98 valence electrons. The SMILES string of the molecule is CC1(C)OC(=O)c2ccccc2C1n1cncc1N. The summed E-state index contributed by atoms with van der Waals surface area (Å²) in [5, 5.41) is 0. The summed E-state index contributed by atoms with van der Waals surface area (Å²) in [6, 6.07) is 7.26. The number of cyclic esters (lactones) is 1. The second-order valence-corrected chi connectivity index (χ2v) is 5.21. The summed E-state index contributed by atoms with van der Waals surface area (Å²) in [6.07, 6.45) is 3.26. The maximum absolute atomic E-state index is 12.0. The highest BCUT2D eigenvalue weighted by atomic mass is 16.6. The number of fused-ring (bicyclic) bond motifs is 1. The van der Waals surface area contributed by atoms with E-state index in [2.05, 4.69) is 4.98 Å². The molecule has 0 saturated carbocycles. The molecule has 1 aromatic heterocycles. The van der Waals surface area contributed by atoms with Crippen LogP contribution in [0.5, 0.6) is 0 Å². The first-order valence-corrected chi connectivity index (χ1v) is 6.10. The maximum Gasteiger partial charge on any atom is 0.339 e. The lowest BCUT2D eigenvalue weighted by Gasteiger charge is -2.40. The number of rotatable bonds is 1. The topological polar surface area (TPSA) is 70.1 Å². The smallest absolute Gasteiger partial charge is 0.339 e. The molecule has 3 rings (SSSR count). The number of hydrogen-bond donors (Lipinski definition) is 1. The fraction of sp³-hybridized carbons (Fsp3) is 0.286. The monoisotopic (exact) mass is 257 g/mol. The van der Waals surface area contributed by atoms with Crippen LogP contribution < -0.4 is 5.73 Å². The van der Waals surface area contributed by atoms with Crippen molar-refractivity contribution in [3.8, 4) is 0 Å². The van der Waals surface area contributed by atoms with Gasteiger partial charge in [-0.25, -0.2) is 9.78 Å². The van der Waals surface area contributed by atoms with E-state index in [0.29, 0.717) is 11.4 Å². The number of carbonyl (C=O) groups is 1. The van der Waals surface area contributed by atoms with Crippen LogP contribution in [-0.2, 0) is 4.74 Å². The molecule has 1 aromatic carbocycles. The fourth-order valence-electron chi connectivity index (χ4n) is 2.66. The summed E-state index contributed by atoms with van der Waals surface area (Å²) in [6.45, 7) is 3.76. The van der Waals surface area contributed by atoms with Crippen LogP contribution in [0.3, 0.4) is 0 Å². The molecule has 0 bridgehead atoms. The predicted molar refractivity (Wildman–Crippen MR) is 70.7 cm³/mol. The summed E-state index contributed by atoms with van der Waals surface area (Å²) in [5.41, 5.74) is 6.76. The van der Waals surface area contributed by atoms with Crippen molar-refractivity contribution in [2.75, 3.05) is 5.73 Å². The van der Waals surface area contributed by atoms with Gasteiger partial charge in [-0.3, -0.25) is 0 Å². The number of nitrogens with zero attached hydrogens (tertiary/aromatic N) is 2. The van der Waals surface area contributed by atoms with E-state index in [1.165, 1.54) is 0 Å². The van der Waals surface area contributed by atoms with E-state index in [-0.39, 0.29) is 12.0 Å². The number of hydrogen-bond acceptors (Lipinski definition) is 4. The Morgan fingerprint density at radius 3 is 2.79 bits per heavy atom. The van der Waals surface area contributed by atoms with Gasteiger partial charge in [-0.15, -0.1) is 0 Å². The van der Waals surface area contributed by atoms with Crippen molar-refractivity contribution in [1.29, 1.82) is 0 Å². The van der Waals surface area contributed by atoms with Crippen molar-refractivity contribution in [2.45, 2.75) is 25.5 Å². The second-order valence-electron chi connectivity index (χ2n) is 5.21. The fourth-order valence-corrected chi connectivity index (χ4v) is 2.66. The zero-order valence-corrected chi connectivity index (χ0v) is 10.8. The third-order valence-corrected chi connectivity index (χ3v) is 3.46. The number of ether oxygens (including phenoxy) is 1. The summed E-state index contributed by atoms with van der Waals surface area (Å²) >= 11 is 0. The molecule has 0 aliphatic carbocycles. The number of nitrogens with two attached hydrogens (primary N) is 1. The molecule has 0 amide bonds. The highest BCUT2D eigenvalue weighted by molar-refractivity contribution is 5.93. The molecule has 1 unspecified atom stereocenters. The van der Waals surface area contributed by atoms with Gasteiger partial charge in [0.2, 0.25) is 0 Å². The van der Waals surface area contributed by atoms with Crippen molar-refractivity contribution in [3.05, 3.63) is 47.9 Å². The Labute approximate surface area is 111 Å². The van der Waals surface area contributed by atoms with Crippen LogP contribution in [0.15, 0.2) is 36.8 Å². The average Bonchev–Trinajstić information content (AvgIpc) is 2.75. The number of imidazole rings is 1. The van der Waals surface area contributed by atoms with Gasteiger partial charge < -0.3 is 15.0 Å². The van der Waals surface area contributed by atoms with Crippen molar-refractivity contribution < 1.29 is 9.53 Å². The van der Waals surface area contributed by atoms with Crippen LogP contribution in [0.25, 0.3) is 0 Å². The molecule has 0 fully saturated rings. The van der Waals surface area contributed by atoms with E-state index in [0.717, 1.165) is 5.56 Å². The number of nitrogen functional groups attached to an aromatic ring is 1. The largest absolute Gasteiger partial charge is 0.453 e. The second kappa shape index (κ2) is 3.85. The van der Waals surface area contributed by atoms with Gasteiger partial charge in [0.25, 0.3) is 0 Å². The third kappa shape index (κ3) is 1.69. The number of carbonyl (C=O) groups excluding carboxylic acids is 1. The molecule has 5 nitrogen and oxygen atoms in total. The maximum atomic E-state index is 12.0. The minimum absolute atomic E-state index is 0.177. The molecule has 1 aliphatic rings. The van der Waals surface area contributed by atoms with E-state index in [1.807, 2.05) is 36.6 Å². The average molecular weight is 257 g/mol. The standard InChI is InChI=1S/C14H15N3O2/c1-14(2)12(17-8-16-7-11(17)15)9-5-3-4-6-10(9)13(18)19-14/h3-8,12H,15H2,1-2H3. The normalized spacial score (nSPS) is 20.7. The third-order valence-electron chi connectivity index (χ3n) is 3.46. The van der Waals surface area contributed by atoms with Gasteiger partial charge in [0.1, 0.15) is 17.5 Å². The molecule has 5 heteroatoms. The first kappa shape index (κ1) is 11.8.